The number of carboxylic acids is 1. The molecule has 9 nitrogen and oxygen atoms in total. The molecule has 1 aliphatic heterocycles. The summed E-state index contributed by atoms with van der Waals surface area (Å²) in [6.07, 6.45) is -7.11. The second-order valence-electron chi connectivity index (χ2n) is 11.1. The largest absolute Gasteiger partial charge is 0.486 e. The number of carbonyl (C=O) groups is 1. The molecule has 1 fully saturated rings. The summed E-state index contributed by atoms with van der Waals surface area (Å²) in [5, 5.41) is 29.7. The van der Waals surface area contributed by atoms with Crippen molar-refractivity contribution in [1.29, 1.82) is 0 Å². The number of rotatable bonds is 9. The van der Waals surface area contributed by atoms with Gasteiger partial charge in [-0.05, 0) is 66.4 Å². The van der Waals surface area contributed by atoms with E-state index >= 15 is 0 Å². The molecule has 1 aliphatic carbocycles. The maximum atomic E-state index is 14.3. The summed E-state index contributed by atoms with van der Waals surface area (Å²) in [6.45, 7) is -4.55. The SMILES string of the molecule is O=C(O)[C@]1(C[C@H]2CN(S(=O)(=O)c3cccc(C(F)(F)F)c3)c3cc(-c4cc(F)cc(OC(F)F)c4)ccc3O2)C[C@](O)(CO)C1. The summed E-state index contributed by atoms with van der Waals surface area (Å²) in [7, 11) is -4.80. The van der Waals surface area contributed by atoms with E-state index in [9.17, 15) is 54.9 Å². The van der Waals surface area contributed by atoms with Gasteiger partial charge in [0.05, 0.1) is 40.3 Å². The van der Waals surface area contributed by atoms with Gasteiger partial charge in [0.25, 0.3) is 10.0 Å². The van der Waals surface area contributed by atoms with Gasteiger partial charge in [-0.15, -0.1) is 0 Å². The van der Waals surface area contributed by atoms with Crippen molar-refractivity contribution in [2.75, 3.05) is 17.5 Å². The molecule has 0 bridgehead atoms. The van der Waals surface area contributed by atoms with Crippen LogP contribution in [0.1, 0.15) is 24.8 Å². The fourth-order valence-electron chi connectivity index (χ4n) is 5.82. The van der Waals surface area contributed by atoms with Gasteiger partial charge in [-0.1, -0.05) is 12.1 Å². The van der Waals surface area contributed by atoms with E-state index in [2.05, 4.69) is 4.74 Å². The van der Waals surface area contributed by atoms with Gasteiger partial charge in [-0.25, -0.2) is 12.8 Å². The standard InChI is InChI=1S/C29H25F6NO8S/c30-19-6-17(7-20(10-19)44-26(31)32)16-4-5-24-23(8-16)36(45(41,42)22-3-1-2-18(9-22)29(33,34)35)12-21(43-24)11-27(25(38)39)13-28(40,14-27)15-37/h1-10,21,26,37,40H,11-15H2,(H,38,39)/t21-,27-,28-/m0/s1. The molecule has 1 saturated carbocycles. The van der Waals surface area contributed by atoms with Gasteiger partial charge in [-0.2, -0.15) is 22.0 Å². The van der Waals surface area contributed by atoms with Crippen LogP contribution in [0.25, 0.3) is 11.1 Å². The van der Waals surface area contributed by atoms with Gasteiger partial charge in [0.2, 0.25) is 0 Å². The highest BCUT2D eigenvalue weighted by Gasteiger charge is 2.59. The maximum Gasteiger partial charge on any atom is 0.416 e. The fraction of sp³-hybridized carbons (Fsp3) is 0.345. The highest BCUT2D eigenvalue weighted by molar-refractivity contribution is 7.92. The van der Waals surface area contributed by atoms with E-state index < -0.39 is 81.1 Å². The maximum absolute atomic E-state index is 14.3. The lowest BCUT2D eigenvalue weighted by molar-refractivity contribution is -0.193. The number of hydrogen-bond donors (Lipinski definition) is 3. The highest BCUT2D eigenvalue weighted by Crippen LogP contribution is 2.53. The fourth-order valence-corrected chi connectivity index (χ4v) is 7.37. The number of hydrogen-bond acceptors (Lipinski definition) is 7. The van der Waals surface area contributed by atoms with Crippen molar-refractivity contribution in [3.63, 3.8) is 0 Å². The number of halogens is 6. The topological polar surface area (TPSA) is 134 Å². The predicted octanol–water partition coefficient (Wildman–Crippen LogP) is 5.05. The molecule has 2 aliphatic rings. The number of carboxylic acid groups (broad SMARTS) is 1. The molecule has 242 valence electrons. The van der Waals surface area contributed by atoms with Crippen LogP contribution in [0.15, 0.2) is 65.6 Å². The van der Waals surface area contributed by atoms with Crippen LogP contribution in [0.2, 0.25) is 0 Å². The molecular formula is C29H25F6NO8S. The Labute approximate surface area is 252 Å². The predicted molar refractivity (Wildman–Crippen MR) is 145 cm³/mol. The van der Waals surface area contributed by atoms with Crippen LogP contribution < -0.4 is 13.8 Å². The van der Waals surface area contributed by atoms with Crippen LogP contribution in [-0.2, 0) is 21.0 Å². The molecule has 1 atom stereocenters. The van der Waals surface area contributed by atoms with Crippen molar-refractivity contribution >= 4 is 21.7 Å². The molecular weight excluding hydrogens is 636 g/mol. The van der Waals surface area contributed by atoms with E-state index in [1.54, 1.807) is 0 Å². The second kappa shape index (κ2) is 11.4. The van der Waals surface area contributed by atoms with Crippen LogP contribution in [-0.4, -0.2) is 61.2 Å². The zero-order valence-electron chi connectivity index (χ0n) is 23.0. The van der Waals surface area contributed by atoms with Crippen molar-refractivity contribution < 1.29 is 64.3 Å². The molecule has 0 saturated heterocycles. The van der Waals surface area contributed by atoms with E-state index in [1.165, 1.54) is 18.2 Å². The van der Waals surface area contributed by atoms with Gasteiger partial charge < -0.3 is 24.8 Å². The molecule has 1 heterocycles. The number of aliphatic hydroxyl groups excluding tert-OH is 1. The Morgan fingerprint density at radius 1 is 1.07 bits per heavy atom. The number of nitrogens with zero attached hydrogens (tertiary/aromatic N) is 1. The lowest BCUT2D eigenvalue weighted by Gasteiger charge is -2.51. The summed E-state index contributed by atoms with van der Waals surface area (Å²) in [6, 6.07) is 9.55. The number of ether oxygens (including phenoxy) is 2. The van der Waals surface area contributed by atoms with Crippen molar-refractivity contribution in [2.45, 2.75) is 48.7 Å². The summed E-state index contributed by atoms with van der Waals surface area (Å²) >= 11 is 0. The monoisotopic (exact) mass is 661 g/mol. The molecule has 3 aromatic carbocycles. The molecule has 0 radical (unpaired) electrons. The Hall–Kier alpha value is -4.02. The Morgan fingerprint density at radius 2 is 1.78 bits per heavy atom. The summed E-state index contributed by atoms with van der Waals surface area (Å²) in [5.41, 5.74) is -4.61. The normalized spacial score (nSPS) is 23.2. The molecule has 0 unspecified atom stereocenters. The molecule has 3 N–H and O–H groups in total. The van der Waals surface area contributed by atoms with Crippen LogP contribution in [0.3, 0.4) is 0 Å². The van der Waals surface area contributed by atoms with Crippen molar-refractivity contribution in [1.82, 2.24) is 0 Å². The zero-order valence-corrected chi connectivity index (χ0v) is 23.8. The van der Waals surface area contributed by atoms with Crippen LogP contribution >= 0.6 is 0 Å². The number of aliphatic carboxylic acids is 1. The Morgan fingerprint density at radius 3 is 2.40 bits per heavy atom. The van der Waals surface area contributed by atoms with Gasteiger partial charge >= 0.3 is 18.8 Å². The van der Waals surface area contributed by atoms with Crippen LogP contribution in [0.5, 0.6) is 11.5 Å². The lowest BCUT2D eigenvalue weighted by Crippen LogP contribution is -2.60. The molecule has 45 heavy (non-hydrogen) atoms. The van der Waals surface area contributed by atoms with E-state index in [0.29, 0.717) is 18.2 Å². The third kappa shape index (κ3) is 6.39. The van der Waals surface area contributed by atoms with Crippen LogP contribution in [0, 0.1) is 11.2 Å². The first-order chi connectivity index (χ1) is 20.9. The first kappa shape index (κ1) is 32.4. The Bertz CT molecular complexity index is 1730. The molecule has 16 heteroatoms. The summed E-state index contributed by atoms with van der Waals surface area (Å²) in [4.78, 5) is 11.5. The Kier molecular flexibility index (Phi) is 8.21. The summed E-state index contributed by atoms with van der Waals surface area (Å²) < 4.78 is 119. The first-order valence-corrected chi connectivity index (χ1v) is 14.7. The van der Waals surface area contributed by atoms with Gasteiger partial charge in [0.15, 0.2) is 0 Å². The smallest absolute Gasteiger partial charge is 0.416 e. The number of benzene rings is 3. The molecule has 0 aromatic heterocycles. The highest BCUT2D eigenvalue weighted by atomic mass is 32.2. The minimum absolute atomic E-state index is 0.00502. The minimum atomic E-state index is -4.87. The third-order valence-electron chi connectivity index (χ3n) is 7.77. The number of fused-ring (bicyclic) bond motifs is 1. The van der Waals surface area contributed by atoms with Crippen LogP contribution in [0.4, 0.5) is 32.0 Å². The van der Waals surface area contributed by atoms with Crippen molar-refractivity contribution in [3.05, 3.63) is 72.0 Å². The van der Waals surface area contributed by atoms with E-state index in [0.717, 1.165) is 28.6 Å². The van der Waals surface area contributed by atoms with Gasteiger partial charge in [0.1, 0.15) is 23.4 Å². The van der Waals surface area contributed by atoms with E-state index in [1.807, 2.05) is 0 Å². The lowest BCUT2D eigenvalue weighted by atomic mass is 9.57. The summed E-state index contributed by atoms with van der Waals surface area (Å²) in [5.74, 6) is -2.92. The average molecular weight is 662 g/mol. The zero-order chi connectivity index (χ0) is 32.9. The van der Waals surface area contributed by atoms with Crippen molar-refractivity contribution in [3.8, 4) is 22.6 Å². The molecule has 3 aromatic rings. The van der Waals surface area contributed by atoms with Crippen molar-refractivity contribution in [2.24, 2.45) is 5.41 Å². The quantitative estimate of drug-likeness (QED) is 0.272. The minimum Gasteiger partial charge on any atom is -0.486 e. The average Bonchev–Trinajstić information content (AvgIpc) is 2.94. The first-order valence-electron chi connectivity index (χ1n) is 13.3. The molecule has 5 rings (SSSR count). The third-order valence-corrected chi connectivity index (χ3v) is 9.55. The number of sulfonamides is 1. The van der Waals surface area contributed by atoms with E-state index in [-0.39, 0.29) is 41.8 Å². The second-order valence-corrected chi connectivity index (χ2v) is 12.9. The molecule has 0 spiro atoms. The number of anilines is 1. The number of aliphatic hydroxyl groups is 2. The number of alkyl halides is 5. The van der Waals surface area contributed by atoms with Gasteiger partial charge in [-0.3, -0.25) is 9.10 Å². The van der Waals surface area contributed by atoms with E-state index in [4.69, 9.17) is 4.74 Å². The molecule has 0 amide bonds. The van der Waals surface area contributed by atoms with Gasteiger partial charge in [0, 0.05) is 12.5 Å². The Balaban J connectivity index is 1.59.